The number of carbonyl (C=O) groups excluding carboxylic acids is 2. The van der Waals surface area contributed by atoms with Gasteiger partial charge in [0, 0.05) is 24.0 Å². The summed E-state index contributed by atoms with van der Waals surface area (Å²) in [5.41, 5.74) is 9.26. The van der Waals surface area contributed by atoms with Crippen LogP contribution in [0.1, 0.15) is 47.9 Å². The minimum Gasteiger partial charge on any atom is -0.283 e. The van der Waals surface area contributed by atoms with Crippen molar-refractivity contribution in [3.63, 3.8) is 0 Å². The SMILES string of the molecule is Br.N=C1c2ccccc2CN1NC(=O)CCCCC(=O)NN1Cc2ccccc2C1=N. The first-order valence-corrected chi connectivity index (χ1v) is 10.0. The minimum absolute atomic E-state index is 0. The van der Waals surface area contributed by atoms with E-state index in [1.165, 1.54) is 0 Å². The Kier molecular flexibility index (Phi) is 7.06. The van der Waals surface area contributed by atoms with Crippen molar-refractivity contribution in [2.45, 2.75) is 38.8 Å². The van der Waals surface area contributed by atoms with E-state index in [4.69, 9.17) is 10.8 Å². The van der Waals surface area contributed by atoms with Crippen molar-refractivity contribution in [3.05, 3.63) is 70.8 Å². The quantitative estimate of drug-likeness (QED) is 0.452. The Hall–Kier alpha value is -3.20. The zero-order chi connectivity index (χ0) is 21.1. The molecule has 31 heavy (non-hydrogen) atoms. The van der Waals surface area contributed by atoms with Crippen LogP contribution in [0.2, 0.25) is 0 Å². The molecule has 2 aliphatic heterocycles. The van der Waals surface area contributed by atoms with Gasteiger partial charge >= 0.3 is 0 Å². The maximum Gasteiger partial charge on any atom is 0.238 e. The molecule has 2 amide bonds. The second-order valence-corrected chi connectivity index (χ2v) is 7.46. The molecule has 0 aromatic heterocycles. The minimum atomic E-state index is -0.162. The van der Waals surface area contributed by atoms with Gasteiger partial charge in [0.15, 0.2) is 0 Å². The lowest BCUT2D eigenvalue weighted by molar-refractivity contribution is -0.126. The maximum atomic E-state index is 12.2. The number of halogens is 1. The van der Waals surface area contributed by atoms with Gasteiger partial charge in [0.1, 0.15) is 11.7 Å². The van der Waals surface area contributed by atoms with E-state index >= 15 is 0 Å². The average Bonchev–Trinajstić information content (AvgIpc) is 3.23. The Labute approximate surface area is 191 Å². The number of hydrogen-bond donors (Lipinski definition) is 4. The van der Waals surface area contributed by atoms with E-state index in [1.54, 1.807) is 10.0 Å². The van der Waals surface area contributed by atoms with Crippen LogP contribution in [-0.2, 0) is 22.7 Å². The molecule has 0 radical (unpaired) electrons. The number of amidine groups is 2. The zero-order valence-corrected chi connectivity index (χ0v) is 18.7. The Morgan fingerprint density at radius 1 is 0.742 bits per heavy atom. The number of hydrogen-bond acceptors (Lipinski definition) is 4. The van der Waals surface area contributed by atoms with Crippen LogP contribution in [0.15, 0.2) is 48.5 Å². The first kappa shape index (κ1) is 22.5. The molecule has 2 aromatic carbocycles. The third-order valence-corrected chi connectivity index (χ3v) is 5.32. The molecule has 0 fully saturated rings. The van der Waals surface area contributed by atoms with Gasteiger partial charge in [0.2, 0.25) is 11.8 Å². The molecule has 0 spiro atoms. The van der Waals surface area contributed by atoms with Crippen LogP contribution in [-0.4, -0.2) is 33.5 Å². The lowest BCUT2D eigenvalue weighted by Gasteiger charge is -2.19. The Morgan fingerprint density at radius 3 is 1.52 bits per heavy atom. The number of hydrazine groups is 2. The van der Waals surface area contributed by atoms with Crippen molar-refractivity contribution in [1.29, 1.82) is 10.8 Å². The molecule has 0 bridgehead atoms. The van der Waals surface area contributed by atoms with Crippen LogP contribution >= 0.6 is 17.0 Å². The highest BCUT2D eigenvalue weighted by atomic mass is 79.9. The summed E-state index contributed by atoms with van der Waals surface area (Å²) in [5, 5.41) is 19.4. The van der Waals surface area contributed by atoms with Crippen LogP contribution in [0.25, 0.3) is 0 Å². The summed E-state index contributed by atoms with van der Waals surface area (Å²) in [6.45, 7) is 0.987. The van der Waals surface area contributed by atoms with Crippen LogP contribution < -0.4 is 10.9 Å². The van der Waals surface area contributed by atoms with Gasteiger partial charge in [-0.2, -0.15) is 0 Å². The molecule has 0 aliphatic carbocycles. The van der Waals surface area contributed by atoms with Gasteiger partial charge in [-0.25, -0.2) is 0 Å². The number of unbranched alkanes of at least 4 members (excludes halogenated alkanes) is 1. The highest BCUT2D eigenvalue weighted by Crippen LogP contribution is 2.21. The molecule has 0 unspecified atom stereocenters. The van der Waals surface area contributed by atoms with Gasteiger partial charge in [0.05, 0.1) is 13.1 Å². The second-order valence-electron chi connectivity index (χ2n) is 7.46. The van der Waals surface area contributed by atoms with E-state index in [9.17, 15) is 9.59 Å². The van der Waals surface area contributed by atoms with Crippen LogP contribution in [0, 0.1) is 10.8 Å². The van der Waals surface area contributed by atoms with E-state index in [1.807, 2.05) is 48.5 Å². The summed E-state index contributed by atoms with van der Waals surface area (Å²) >= 11 is 0. The zero-order valence-electron chi connectivity index (χ0n) is 17.0. The molecule has 4 N–H and O–H groups in total. The van der Waals surface area contributed by atoms with Crippen molar-refractivity contribution in [1.82, 2.24) is 20.9 Å². The molecule has 0 saturated carbocycles. The van der Waals surface area contributed by atoms with Gasteiger partial charge in [-0.05, 0) is 24.0 Å². The summed E-state index contributed by atoms with van der Waals surface area (Å²) in [6.07, 6.45) is 1.73. The summed E-state index contributed by atoms with van der Waals surface area (Å²) in [6, 6.07) is 15.3. The average molecular weight is 485 g/mol. The first-order valence-electron chi connectivity index (χ1n) is 10.0. The van der Waals surface area contributed by atoms with Crippen molar-refractivity contribution in [2.24, 2.45) is 0 Å². The van der Waals surface area contributed by atoms with Gasteiger partial charge in [-0.1, -0.05) is 48.5 Å². The smallest absolute Gasteiger partial charge is 0.238 e. The Morgan fingerprint density at radius 2 is 1.13 bits per heavy atom. The van der Waals surface area contributed by atoms with E-state index < -0.39 is 0 Å². The topological polar surface area (TPSA) is 112 Å². The molecule has 2 aromatic rings. The van der Waals surface area contributed by atoms with E-state index in [2.05, 4.69) is 10.9 Å². The van der Waals surface area contributed by atoms with Gasteiger partial charge in [-0.15, -0.1) is 17.0 Å². The molecule has 8 nitrogen and oxygen atoms in total. The number of nitrogens with zero attached hydrogens (tertiary/aromatic N) is 2. The van der Waals surface area contributed by atoms with Gasteiger partial charge in [0.25, 0.3) is 0 Å². The monoisotopic (exact) mass is 484 g/mol. The molecule has 0 atom stereocenters. The standard InChI is InChI=1S/C22H24N6O2.BrH/c23-21-17-9-3-1-7-15(17)13-27(21)25-19(29)11-5-6-12-20(30)26-28-14-16-8-2-4-10-18(16)22(28)24;/h1-4,7-10,23-24H,5-6,11-14H2,(H,25,29)(H,26,30);1H. The molecule has 2 aliphatic rings. The van der Waals surface area contributed by atoms with E-state index in [0.717, 1.165) is 22.3 Å². The summed E-state index contributed by atoms with van der Waals surface area (Å²) < 4.78 is 0. The van der Waals surface area contributed by atoms with Crippen molar-refractivity contribution >= 4 is 40.5 Å². The van der Waals surface area contributed by atoms with Crippen LogP contribution in [0.5, 0.6) is 0 Å². The maximum absolute atomic E-state index is 12.2. The lowest BCUT2D eigenvalue weighted by Crippen LogP contribution is -2.42. The predicted octanol–water partition coefficient (Wildman–Crippen LogP) is 2.87. The number of nitrogens with one attached hydrogen (secondary N) is 4. The Bertz CT molecular complexity index is 943. The molecule has 162 valence electrons. The number of fused-ring (bicyclic) bond motifs is 2. The molecule has 9 heteroatoms. The summed E-state index contributed by atoms with van der Waals surface area (Å²) in [5.74, 6) is 0.272. The van der Waals surface area contributed by atoms with Crippen molar-refractivity contribution < 1.29 is 9.59 Å². The second kappa shape index (κ2) is 9.74. The van der Waals surface area contributed by atoms with Gasteiger partial charge < -0.3 is 0 Å². The van der Waals surface area contributed by atoms with Crippen LogP contribution in [0.4, 0.5) is 0 Å². The fourth-order valence-corrected chi connectivity index (χ4v) is 3.74. The summed E-state index contributed by atoms with van der Waals surface area (Å²) in [4.78, 5) is 24.4. The van der Waals surface area contributed by atoms with E-state index in [-0.39, 0.29) is 28.8 Å². The molecule has 4 rings (SSSR count). The van der Waals surface area contributed by atoms with Crippen LogP contribution in [0.3, 0.4) is 0 Å². The Balaban J connectivity index is 0.00000272. The predicted molar refractivity (Wildman–Crippen MR) is 123 cm³/mol. The number of benzene rings is 2. The molecular formula is C22H25BrN6O2. The van der Waals surface area contributed by atoms with E-state index in [0.29, 0.717) is 50.4 Å². The molecular weight excluding hydrogens is 460 g/mol. The highest BCUT2D eigenvalue weighted by Gasteiger charge is 2.26. The fourth-order valence-electron chi connectivity index (χ4n) is 3.74. The third-order valence-electron chi connectivity index (χ3n) is 5.32. The van der Waals surface area contributed by atoms with Gasteiger partial charge in [-0.3, -0.25) is 41.3 Å². The highest BCUT2D eigenvalue weighted by molar-refractivity contribution is 8.93. The number of amides is 2. The fraction of sp³-hybridized carbons (Fsp3) is 0.273. The third kappa shape index (κ3) is 4.93. The first-order chi connectivity index (χ1) is 14.5. The lowest BCUT2D eigenvalue weighted by atomic mass is 10.1. The molecule has 0 saturated heterocycles. The number of rotatable bonds is 7. The van der Waals surface area contributed by atoms with Crippen molar-refractivity contribution in [3.8, 4) is 0 Å². The normalized spacial score (nSPS) is 14.1. The van der Waals surface area contributed by atoms with Crippen molar-refractivity contribution in [2.75, 3.05) is 0 Å². The number of carbonyl (C=O) groups is 2. The largest absolute Gasteiger partial charge is 0.283 e. The molecule has 2 heterocycles. The summed E-state index contributed by atoms with van der Waals surface area (Å²) in [7, 11) is 0.